The van der Waals surface area contributed by atoms with Crippen molar-refractivity contribution >= 4 is 33.3 Å². The Morgan fingerprint density at radius 2 is 1.94 bits per heavy atom. The molecule has 0 radical (unpaired) electrons. The van der Waals surface area contributed by atoms with Crippen LogP contribution in [0.15, 0.2) is 41.8 Å². The van der Waals surface area contributed by atoms with E-state index in [1.54, 1.807) is 11.3 Å². The van der Waals surface area contributed by atoms with Crippen molar-refractivity contribution in [3.8, 4) is 0 Å². The maximum atomic E-state index is 5.70. The molecule has 0 aliphatic carbocycles. The Labute approximate surface area is 109 Å². The summed E-state index contributed by atoms with van der Waals surface area (Å²) in [5.74, 6) is 1.10. The molecule has 0 unspecified atom stereocenters. The quantitative estimate of drug-likeness (QED) is 0.756. The SMILES string of the molecule is Nc1nc(NCc2ccccc2)c2ccsc2n1. The molecule has 3 aromatic rings. The zero-order valence-electron chi connectivity index (χ0n) is 9.63. The molecule has 0 fully saturated rings. The summed E-state index contributed by atoms with van der Waals surface area (Å²) in [4.78, 5) is 9.36. The topological polar surface area (TPSA) is 63.8 Å². The molecular weight excluding hydrogens is 244 g/mol. The molecule has 18 heavy (non-hydrogen) atoms. The van der Waals surface area contributed by atoms with E-state index in [2.05, 4.69) is 27.4 Å². The zero-order chi connectivity index (χ0) is 12.4. The van der Waals surface area contributed by atoms with Crippen LogP contribution in [0.5, 0.6) is 0 Å². The highest BCUT2D eigenvalue weighted by Gasteiger charge is 2.06. The third-order valence-corrected chi connectivity index (χ3v) is 3.45. The summed E-state index contributed by atoms with van der Waals surface area (Å²) in [6.07, 6.45) is 0. The van der Waals surface area contributed by atoms with Crippen LogP contribution >= 0.6 is 11.3 Å². The monoisotopic (exact) mass is 256 g/mol. The van der Waals surface area contributed by atoms with E-state index in [9.17, 15) is 0 Å². The number of nitrogens with two attached hydrogens (primary N) is 1. The number of hydrogen-bond donors (Lipinski definition) is 2. The second kappa shape index (κ2) is 4.62. The molecule has 0 amide bonds. The van der Waals surface area contributed by atoms with Crippen molar-refractivity contribution < 1.29 is 0 Å². The van der Waals surface area contributed by atoms with Gasteiger partial charge >= 0.3 is 0 Å². The van der Waals surface area contributed by atoms with E-state index in [0.29, 0.717) is 5.95 Å². The standard InChI is InChI=1S/C13H12N4S/c14-13-16-11(10-6-7-18-12(10)17-13)15-8-9-4-2-1-3-5-9/h1-7H,8H2,(H3,14,15,16,17). The second-order valence-electron chi connectivity index (χ2n) is 3.91. The van der Waals surface area contributed by atoms with Crippen LogP contribution < -0.4 is 11.1 Å². The van der Waals surface area contributed by atoms with E-state index in [1.807, 2.05) is 29.6 Å². The predicted octanol–water partition coefficient (Wildman–Crippen LogP) is 2.89. The van der Waals surface area contributed by atoms with Gasteiger partial charge in [0.05, 0.1) is 5.39 Å². The number of aromatic nitrogens is 2. The molecule has 90 valence electrons. The predicted molar refractivity (Wildman–Crippen MR) is 75.6 cm³/mol. The van der Waals surface area contributed by atoms with Crippen LogP contribution in [0.3, 0.4) is 0 Å². The molecule has 0 spiro atoms. The average Bonchev–Trinajstić information content (AvgIpc) is 2.85. The molecule has 0 saturated heterocycles. The lowest BCUT2D eigenvalue weighted by Gasteiger charge is -2.07. The molecule has 0 saturated carbocycles. The number of anilines is 2. The van der Waals surface area contributed by atoms with Crippen LogP contribution in [0.1, 0.15) is 5.56 Å². The average molecular weight is 256 g/mol. The first kappa shape index (κ1) is 11.0. The number of nitrogens with one attached hydrogen (secondary N) is 1. The summed E-state index contributed by atoms with van der Waals surface area (Å²) < 4.78 is 0. The molecule has 0 atom stereocenters. The fraction of sp³-hybridized carbons (Fsp3) is 0.0769. The van der Waals surface area contributed by atoms with Gasteiger partial charge < -0.3 is 11.1 Å². The van der Waals surface area contributed by atoms with E-state index >= 15 is 0 Å². The van der Waals surface area contributed by atoms with Crippen LogP contribution in [-0.2, 0) is 6.54 Å². The number of nitrogens with zero attached hydrogens (tertiary/aromatic N) is 2. The van der Waals surface area contributed by atoms with Gasteiger partial charge in [-0.3, -0.25) is 0 Å². The minimum absolute atomic E-state index is 0.306. The molecule has 2 aromatic heterocycles. The van der Waals surface area contributed by atoms with Gasteiger partial charge in [-0.2, -0.15) is 4.98 Å². The molecule has 3 rings (SSSR count). The third kappa shape index (κ3) is 2.12. The lowest BCUT2D eigenvalue weighted by Crippen LogP contribution is -2.04. The molecule has 0 aliphatic rings. The zero-order valence-corrected chi connectivity index (χ0v) is 10.4. The van der Waals surface area contributed by atoms with E-state index in [-0.39, 0.29) is 0 Å². The molecule has 3 N–H and O–H groups in total. The van der Waals surface area contributed by atoms with Crippen LogP contribution in [0.2, 0.25) is 0 Å². The summed E-state index contributed by atoms with van der Waals surface area (Å²) in [5.41, 5.74) is 6.90. The summed E-state index contributed by atoms with van der Waals surface area (Å²) in [5, 5.41) is 6.32. The van der Waals surface area contributed by atoms with Crippen molar-refractivity contribution in [3.05, 3.63) is 47.3 Å². The van der Waals surface area contributed by atoms with Gasteiger partial charge in [-0.25, -0.2) is 4.98 Å². The smallest absolute Gasteiger partial charge is 0.223 e. The first-order valence-electron chi connectivity index (χ1n) is 5.61. The fourth-order valence-electron chi connectivity index (χ4n) is 1.79. The number of hydrogen-bond acceptors (Lipinski definition) is 5. The third-order valence-electron chi connectivity index (χ3n) is 2.65. The molecule has 0 aliphatic heterocycles. The molecule has 5 heteroatoms. The van der Waals surface area contributed by atoms with Crippen molar-refractivity contribution in [3.63, 3.8) is 0 Å². The lowest BCUT2D eigenvalue weighted by atomic mass is 10.2. The van der Waals surface area contributed by atoms with Crippen molar-refractivity contribution in [2.24, 2.45) is 0 Å². The summed E-state index contributed by atoms with van der Waals surface area (Å²) in [6.45, 7) is 0.724. The maximum Gasteiger partial charge on any atom is 0.223 e. The number of thiophene rings is 1. The molecule has 1 aromatic carbocycles. The summed E-state index contributed by atoms with van der Waals surface area (Å²) in [7, 11) is 0. The summed E-state index contributed by atoms with van der Waals surface area (Å²) >= 11 is 1.57. The Morgan fingerprint density at radius 1 is 1.11 bits per heavy atom. The van der Waals surface area contributed by atoms with Crippen LogP contribution in [-0.4, -0.2) is 9.97 Å². The van der Waals surface area contributed by atoms with E-state index in [0.717, 1.165) is 22.6 Å². The van der Waals surface area contributed by atoms with Gasteiger partial charge in [-0.05, 0) is 17.0 Å². The highest BCUT2D eigenvalue weighted by Crippen LogP contribution is 2.25. The van der Waals surface area contributed by atoms with Crippen LogP contribution in [0.4, 0.5) is 11.8 Å². The highest BCUT2D eigenvalue weighted by atomic mass is 32.1. The van der Waals surface area contributed by atoms with Crippen molar-refractivity contribution in [2.45, 2.75) is 6.54 Å². The van der Waals surface area contributed by atoms with Crippen LogP contribution in [0.25, 0.3) is 10.2 Å². The Hall–Kier alpha value is -2.14. The fourth-order valence-corrected chi connectivity index (χ4v) is 2.56. The van der Waals surface area contributed by atoms with Gasteiger partial charge in [0.15, 0.2) is 0 Å². The first-order valence-corrected chi connectivity index (χ1v) is 6.49. The van der Waals surface area contributed by atoms with Gasteiger partial charge in [-0.15, -0.1) is 11.3 Å². The number of nitrogen functional groups attached to an aromatic ring is 1. The number of fused-ring (bicyclic) bond motifs is 1. The minimum Gasteiger partial charge on any atom is -0.368 e. The second-order valence-corrected chi connectivity index (χ2v) is 4.80. The first-order chi connectivity index (χ1) is 8.83. The van der Waals surface area contributed by atoms with Gasteiger partial charge in [0, 0.05) is 6.54 Å². The maximum absolute atomic E-state index is 5.70. The Bertz CT molecular complexity index is 663. The van der Waals surface area contributed by atoms with Crippen LogP contribution in [0, 0.1) is 0 Å². The lowest BCUT2D eigenvalue weighted by molar-refractivity contribution is 1.11. The largest absolute Gasteiger partial charge is 0.368 e. The van der Waals surface area contributed by atoms with Gasteiger partial charge in [0.25, 0.3) is 0 Å². The molecule has 4 nitrogen and oxygen atoms in total. The Kier molecular flexibility index (Phi) is 2.82. The molecule has 0 bridgehead atoms. The Morgan fingerprint density at radius 3 is 2.78 bits per heavy atom. The minimum atomic E-state index is 0.306. The Balaban J connectivity index is 1.88. The number of benzene rings is 1. The van der Waals surface area contributed by atoms with Crippen molar-refractivity contribution in [2.75, 3.05) is 11.1 Å². The normalized spacial score (nSPS) is 10.7. The van der Waals surface area contributed by atoms with Gasteiger partial charge in [-0.1, -0.05) is 30.3 Å². The van der Waals surface area contributed by atoms with E-state index < -0.39 is 0 Å². The van der Waals surface area contributed by atoms with Gasteiger partial charge in [0.1, 0.15) is 10.6 Å². The van der Waals surface area contributed by atoms with Gasteiger partial charge in [0.2, 0.25) is 5.95 Å². The van der Waals surface area contributed by atoms with E-state index in [4.69, 9.17) is 5.73 Å². The molecule has 2 heterocycles. The van der Waals surface area contributed by atoms with Crippen molar-refractivity contribution in [1.29, 1.82) is 0 Å². The van der Waals surface area contributed by atoms with Crippen molar-refractivity contribution in [1.82, 2.24) is 9.97 Å². The summed E-state index contributed by atoms with van der Waals surface area (Å²) in [6, 6.07) is 12.2. The number of rotatable bonds is 3. The molecular formula is C13H12N4S. The van der Waals surface area contributed by atoms with E-state index in [1.165, 1.54) is 5.56 Å². The highest BCUT2D eigenvalue weighted by molar-refractivity contribution is 7.16.